The Morgan fingerprint density at radius 2 is 2.00 bits per heavy atom. The quantitative estimate of drug-likeness (QED) is 0.717. The fourth-order valence-electron chi connectivity index (χ4n) is 1.65. The van der Waals surface area contributed by atoms with Crippen molar-refractivity contribution in [3.05, 3.63) is 36.4 Å². The maximum atomic E-state index is 5.64. The van der Waals surface area contributed by atoms with Gasteiger partial charge in [-0.15, -0.1) is 5.10 Å². The fraction of sp³-hybridized carbons (Fsp3) is 0.0833. The molecule has 0 saturated carbocycles. The van der Waals surface area contributed by atoms with Gasteiger partial charge in [0.15, 0.2) is 0 Å². The molecule has 0 radical (unpaired) electrons. The Morgan fingerprint density at radius 3 is 2.76 bits per heavy atom. The molecule has 2 N–H and O–H groups in total. The number of nitrogens with zero attached hydrogens (tertiary/aromatic N) is 6. The van der Waals surface area contributed by atoms with Crippen molar-refractivity contribution < 1.29 is 4.74 Å². The van der Waals surface area contributed by atoms with Crippen molar-refractivity contribution in [3.8, 4) is 11.6 Å². The van der Waals surface area contributed by atoms with Crippen molar-refractivity contribution >= 4 is 17.7 Å². The number of nitrogen functional groups attached to an aromatic ring is 1. The number of benzene rings is 1. The average molecular weight is 301 g/mol. The fourth-order valence-corrected chi connectivity index (χ4v) is 2.44. The number of anilines is 1. The Bertz CT molecular complexity index is 746. The highest BCUT2D eigenvalue weighted by atomic mass is 32.2. The van der Waals surface area contributed by atoms with E-state index in [0.29, 0.717) is 16.1 Å². The first-order valence-corrected chi connectivity index (χ1v) is 6.78. The molecule has 1 aromatic carbocycles. The Kier molecular flexibility index (Phi) is 3.65. The smallest absolute Gasteiger partial charge is 0.224 e. The summed E-state index contributed by atoms with van der Waals surface area (Å²) in [6.07, 6.45) is 0. The number of ether oxygens (including phenoxy) is 1. The Hall–Kier alpha value is -2.68. The van der Waals surface area contributed by atoms with Crippen LogP contribution >= 0.6 is 11.8 Å². The monoisotopic (exact) mass is 301 g/mol. The van der Waals surface area contributed by atoms with E-state index in [4.69, 9.17) is 10.5 Å². The predicted molar refractivity (Wildman–Crippen MR) is 76.3 cm³/mol. The van der Waals surface area contributed by atoms with Crippen molar-refractivity contribution in [1.82, 2.24) is 30.2 Å². The molecule has 0 atom stereocenters. The molecule has 0 aliphatic rings. The first kappa shape index (κ1) is 13.3. The van der Waals surface area contributed by atoms with Gasteiger partial charge in [0.05, 0.1) is 12.8 Å². The lowest BCUT2D eigenvalue weighted by Gasteiger charge is -2.05. The minimum Gasteiger partial charge on any atom is -0.481 e. The summed E-state index contributed by atoms with van der Waals surface area (Å²) in [5, 5.41) is 12.8. The van der Waals surface area contributed by atoms with Gasteiger partial charge < -0.3 is 10.5 Å². The van der Waals surface area contributed by atoms with Crippen molar-refractivity contribution in [2.24, 2.45) is 0 Å². The second-order valence-electron chi connectivity index (χ2n) is 3.92. The molecule has 3 aromatic rings. The molecule has 0 spiro atoms. The SMILES string of the molecule is COc1cc(Sc2nnnn2-c2ccccc2)nc(N)n1. The molecule has 9 heteroatoms. The summed E-state index contributed by atoms with van der Waals surface area (Å²) in [5.41, 5.74) is 6.50. The molecule has 2 aromatic heterocycles. The van der Waals surface area contributed by atoms with Crippen molar-refractivity contribution in [3.63, 3.8) is 0 Å². The van der Waals surface area contributed by atoms with Crippen LogP contribution in [0.2, 0.25) is 0 Å². The molecule has 0 bridgehead atoms. The lowest BCUT2D eigenvalue weighted by atomic mass is 10.3. The average Bonchev–Trinajstić information content (AvgIpc) is 2.95. The van der Waals surface area contributed by atoms with E-state index in [2.05, 4.69) is 25.5 Å². The van der Waals surface area contributed by atoms with Crippen LogP contribution in [0.25, 0.3) is 5.69 Å². The molecule has 106 valence electrons. The molecule has 0 saturated heterocycles. The maximum Gasteiger partial charge on any atom is 0.224 e. The van der Waals surface area contributed by atoms with Crippen molar-refractivity contribution in [1.29, 1.82) is 0 Å². The highest BCUT2D eigenvalue weighted by Gasteiger charge is 2.12. The van der Waals surface area contributed by atoms with Crippen molar-refractivity contribution in [2.75, 3.05) is 12.8 Å². The number of methoxy groups -OCH3 is 1. The van der Waals surface area contributed by atoms with Crippen LogP contribution in [0.1, 0.15) is 0 Å². The molecule has 0 aliphatic heterocycles. The zero-order chi connectivity index (χ0) is 14.7. The van der Waals surface area contributed by atoms with E-state index in [1.54, 1.807) is 10.7 Å². The van der Waals surface area contributed by atoms with E-state index in [1.807, 2.05) is 30.3 Å². The van der Waals surface area contributed by atoms with Gasteiger partial charge in [-0.3, -0.25) is 0 Å². The van der Waals surface area contributed by atoms with Crippen LogP contribution in [0.15, 0.2) is 46.6 Å². The highest BCUT2D eigenvalue weighted by Crippen LogP contribution is 2.27. The van der Waals surface area contributed by atoms with E-state index in [9.17, 15) is 0 Å². The summed E-state index contributed by atoms with van der Waals surface area (Å²) in [7, 11) is 1.52. The Labute approximate surface area is 124 Å². The molecule has 21 heavy (non-hydrogen) atoms. The third kappa shape index (κ3) is 2.92. The largest absolute Gasteiger partial charge is 0.481 e. The lowest BCUT2D eigenvalue weighted by molar-refractivity contribution is 0.396. The van der Waals surface area contributed by atoms with Crippen LogP contribution in [0.4, 0.5) is 5.95 Å². The minimum absolute atomic E-state index is 0.135. The van der Waals surface area contributed by atoms with Gasteiger partial charge in [0.25, 0.3) is 0 Å². The summed E-state index contributed by atoms with van der Waals surface area (Å²) < 4.78 is 6.69. The van der Waals surface area contributed by atoms with Crippen LogP contribution in [-0.4, -0.2) is 37.3 Å². The third-order valence-electron chi connectivity index (χ3n) is 2.54. The molecule has 3 rings (SSSR count). The first-order chi connectivity index (χ1) is 10.3. The number of rotatable bonds is 4. The van der Waals surface area contributed by atoms with Gasteiger partial charge in [0.2, 0.25) is 17.0 Å². The number of hydrogen-bond acceptors (Lipinski definition) is 8. The Morgan fingerprint density at radius 1 is 1.19 bits per heavy atom. The number of nitrogens with two attached hydrogens (primary N) is 1. The van der Waals surface area contributed by atoms with Gasteiger partial charge in [-0.05, 0) is 34.3 Å². The topological polar surface area (TPSA) is 105 Å². The molecular weight excluding hydrogens is 290 g/mol. The summed E-state index contributed by atoms with van der Waals surface area (Å²) in [6, 6.07) is 11.3. The van der Waals surface area contributed by atoms with E-state index < -0.39 is 0 Å². The zero-order valence-electron chi connectivity index (χ0n) is 11.0. The Balaban J connectivity index is 1.93. The van der Waals surface area contributed by atoms with Gasteiger partial charge >= 0.3 is 0 Å². The summed E-state index contributed by atoms with van der Waals surface area (Å²) in [4.78, 5) is 8.07. The second kappa shape index (κ2) is 5.75. The number of para-hydroxylation sites is 1. The molecule has 2 heterocycles. The van der Waals surface area contributed by atoms with E-state index in [0.717, 1.165) is 5.69 Å². The van der Waals surface area contributed by atoms with Gasteiger partial charge in [0.1, 0.15) is 5.03 Å². The molecule has 8 nitrogen and oxygen atoms in total. The number of aromatic nitrogens is 6. The standard InChI is InChI=1S/C12H11N7OS/c1-20-9-7-10(15-11(13)14-9)21-12-16-17-18-19(12)8-5-3-2-4-6-8/h2-7H,1H3,(H2,13,14,15). The van der Waals surface area contributed by atoms with Crippen molar-refractivity contribution in [2.45, 2.75) is 10.2 Å². The summed E-state index contributed by atoms with van der Waals surface area (Å²) >= 11 is 1.28. The predicted octanol–water partition coefficient (Wildman–Crippen LogP) is 1.19. The highest BCUT2D eigenvalue weighted by molar-refractivity contribution is 7.99. The third-order valence-corrected chi connectivity index (χ3v) is 3.40. The minimum atomic E-state index is 0.135. The molecule has 0 unspecified atom stereocenters. The molecule has 0 fully saturated rings. The number of tetrazole rings is 1. The van der Waals surface area contributed by atoms with Crippen LogP contribution in [0, 0.1) is 0 Å². The second-order valence-corrected chi connectivity index (χ2v) is 4.91. The van der Waals surface area contributed by atoms with Gasteiger partial charge in [-0.25, -0.2) is 4.98 Å². The van der Waals surface area contributed by atoms with Gasteiger partial charge in [-0.2, -0.15) is 9.67 Å². The maximum absolute atomic E-state index is 5.64. The van der Waals surface area contributed by atoms with Crippen LogP contribution in [-0.2, 0) is 0 Å². The normalized spacial score (nSPS) is 10.5. The van der Waals surface area contributed by atoms with E-state index >= 15 is 0 Å². The first-order valence-electron chi connectivity index (χ1n) is 5.96. The van der Waals surface area contributed by atoms with Gasteiger partial charge in [-0.1, -0.05) is 18.2 Å². The van der Waals surface area contributed by atoms with Gasteiger partial charge in [0, 0.05) is 6.07 Å². The van der Waals surface area contributed by atoms with E-state index in [1.165, 1.54) is 18.9 Å². The molecular formula is C12H11N7OS. The van der Waals surface area contributed by atoms with Crippen LogP contribution in [0.5, 0.6) is 5.88 Å². The summed E-state index contributed by atoms with van der Waals surface area (Å²) in [5.74, 6) is 0.527. The lowest BCUT2D eigenvalue weighted by Crippen LogP contribution is -2.01. The van der Waals surface area contributed by atoms with Crippen LogP contribution < -0.4 is 10.5 Å². The molecule has 0 amide bonds. The van der Waals surface area contributed by atoms with Crippen LogP contribution in [0.3, 0.4) is 0 Å². The molecule has 0 aliphatic carbocycles. The summed E-state index contributed by atoms with van der Waals surface area (Å²) in [6.45, 7) is 0. The van der Waals surface area contributed by atoms with E-state index in [-0.39, 0.29) is 5.95 Å². The zero-order valence-corrected chi connectivity index (χ0v) is 11.9. The number of hydrogen-bond donors (Lipinski definition) is 1.